The summed E-state index contributed by atoms with van der Waals surface area (Å²) in [6.07, 6.45) is 3.40. The maximum absolute atomic E-state index is 14.1. The minimum atomic E-state index is -0.662. The van der Waals surface area contributed by atoms with Gasteiger partial charge in [-0.1, -0.05) is 32.9 Å². The van der Waals surface area contributed by atoms with Gasteiger partial charge in [-0.15, -0.1) is 0 Å². The summed E-state index contributed by atoms with van der Waals surface area (Å²) >= 11 is 0. The third-order valence-electron chi connectivity index (χ3n) is 13.2. The molecule has 5 heterocycles. The fourth-order valence-corrected chi connectivity index (χ4v) is 9.93. The van der Waals surface area contributed by atoms with Gasteiger partial charge in [-0.2, -0.15) is 0 Å². The zero-order valence-electron chi connectivity index (χ0n) is 33.2. The number of aryl methyl sites for hydroxylation is 1. The number of imide groups is 1. The number of aromatic amines is 1. The molecule has 0 saturated carbocycles. The molecule has 4 aliphatic heterocycles. The third kappa shape index (κ3) is 6.30. The highest BCUT2D eigenvalue weighted by molar-refractivity contribution is 6.20. The fraction of sp³-hybridized carbons (Fsp3) is 0.422. The van der Waals surface area contributed by atoms with Crippen molar-refractivity contribution < 1.29 is 24.0 Å². The Morgan fingerprint density at radius 3 is 2.43 bits per heavy atom. The van der Waals surface area contributed by atoms with Crippen molar-refractivity contribution in [2.45, 2.75) is 76.9 Å². The molecule has 58 heavy (non-hydrogen) atoms. The van der Waals surface area contributed by atoms with Crippen LogP contribution in [0, 0.1) is 6.57 Å². The van der Waals surface area contributed by atoms with E-state index in [-0.39, 0.29) is 43.0 Å². The Labute approximate surface area is 337 Å². The number of carbonyl (C=O) groups excluding carboxylic acids is 5. The first-order valence-corrected chi connectivity index (χ1v) is 20.5. The van der Waals surface area contributed by atoms with Crippen molar-refractivity contribution in [3.8, 4) is 0 Å². The number of H-pyrrole nitrogens is 1. The lowest BCUT2D eigenvalue weighted by atomic mass is 9.70. The van der Waals surface area contributed by atoms with Crippen LogP contribution in [-0.4, -0.2) is 107 Å². The molecule has 13 nitrogen and oxygen atoms in total. The van der Waals surface area contributed by atoms with E-state index in [4.69, 9.17) is 6.57 Å². The molecule has 4 amide bonds. The van der Waals surface area contributed by atoms with Crippen molar-refractivity contribution >= 4 is 57.4 Å². The number of anilines is 2. The molecule has 1 unspecified atom stereocenters. The van der Waals surface area contributed by atoms with Crippen LogP contribution >= 0.6 is 0 Å². The molecule has 9 rings (SSSR count). The molecule has 0 radical (unpaired) electrons. The zero-order chi connectivity index (χ0) is 40.5. The number of piperazine rings is 1. The van der Waals surface area contributed by atoms with Gasteiger partial charge in [0, 0.05) is 103 Å². The van der Waals surface area contributed by atoms with Crippen LogP contribution in [0.2, 0.25) is 0 Å². The van der Waals surface area contributed by atoms with Crippen LogP contribution in [0.15, 0.2) is 48.5 Å². The van der Waals surface area contributed by atoms with E-state index in [9.17, 15) is 24.0 Å². The van der Waals surface area contributed by atoms with Crippen molar-refractivity contribution in [2.24, 2.45) is 0 Å². The van der Waals surface area contributed by atoms with Gasteiger partial charge in [-0.25, -0.2) is 4.85 Å². The van der Waals surface area contributed by atoms with E-state index >= 15 is 0 Å². The van der Waals surface area contributed by atoms with E-state index in [0.29, 0.717) is 36.8 Å². The number of aromatic nitrogens is 1. The summed E-state index contributed by atoms with van der Waals surface area (Å²) in [5.41, 5.74) is 8.86. The second-order valence-corrected chi connectivity index (χ2v) is 16.8. The Morgan fingerprint density at radius 1 is 0.931 bits per heavy atom. The van der Waals surface area contributed by atoms with Crippen LogP contribution in [0.4, 0.5) is 17.1 Å². The first-order valence-electron chi connectivity index (χ1n) is 20.5. The molecule has 3 aromatic carbocycles. The first-order chi connectivity index (χ1) is 27.9. The molecule has 1 atom stereocenters. The Balaban J connectivity index is 0.795. The summed E-state index contributed by atoms with van der Waals surface area (Å²) in [7, 11) is 0. The van der Waals surface area contributed by atoms with E-state index in [0.717, 1.165) is 90.0 Å². The molecule has 5 aliphatic rings. The summed E-state index contributed by atoms with van der Waals surface area (Å²) in [4.78, 5) is 80.1. The Hall–Kier alpha value is -6.00. The van der Waals surface area contributed by atoms with Crippen molar-refractivity contribution in [1.82, 2.24) is 25.0 Å². The number of rotatable bonds is 7. The van der Waals surface area contributed by atoms with E-state index in [1.54, 1.807) is 18.2 Å². The SMILES string of the molecule is [C-]#[N+]c1ccc2c3c([nH]c2c1)C(C)(C)c1cc(N2CCC(N4CCN(C(=O)CNc5ccc6c(c5)CN(C5CCC(=O)NC5=O)C6=O)CC4)CC2)c(CC)cc1C3=O. The first kappa shape index (κ1) is 37.6. The standard InChI is InChI=1S/C45H48N8O5/c1-5-26-21-33-34(45(2,3)42-40(41(33)56)32-9-6-28(46-4)22-35(32)48-42)23-37(26)51-14-12-30(13-15-51)50-16-18-52(19-17-50)39(55)24-47-29-7-8-31-27(20-29)25-53(44(31)58)36-10-11-38(54)49-43(36)57/h6-9,20-23,30,36,47-48H,5,10-19,24-25H2,1-3H3,(H,49,54,57). The van der Waals surface area contributed by atoms with Crippen LogP contribution in [0.25, 0.3) is 15.7 Å². The van der Waals surface area contributed by atoms with E-state index in [1.807, 2.05) is 23.1 Å². The van der Waals surface area contributed by atoms with Crippen molar-refractivity contribution in [3.05, 3.63) is 99.0 Å². The topological polar surface area (TPSA) is 143 Å². The van der Waals surface area contributed by atoms with E-state index in [1.165, 1.54) is 16.2 Å². The monoisotopic (exact) mass is 780 g/mol. The number of nitrogens with zero attached hydrogens (tertiary/aromatic N) is 5. The fourth-order valence-electron chi connectivity index (χ4n) is 9.93. The smallest absolute Gasteiger partial charge is 0.255 e. The molecular weight excluding hydrogens is 733 g/mol. The number of ketones is 1. The van der Waals surface area contributed by atoms with Gasteiger partial charge in [-0.05, 0) is 78.8 Å². The van der Waals surface area contributed by atoms with Gasteiger partial charge in [0.2, 0.25) is 17.7 Å². The van der Waals surface area contributed by atoms with Crippen molar-refractivity contribution in [2.75, 3.05) is 56.0 Å². The molecule has 13 heteroatoms. The molecule has 3 fully saturated rings. The zero-order valence-corrected chi connectivity index (χ0v) is 33.2. The lowest BCUT2D eigenvalue weighted by Crippen LogP contribution is -2.55. The van der Waals surface area contributed by atoms with Gasteiger partial charge in [-0.3, -0.25) is 34.2 Å². The molecule has 4 aromatic rings. The molecule has 1 aromatic heterocycles. The molecule has 1 aliphatic carbocycles. The van der Waals surface area contributed by atoms with E-state index < -0.39 is 17.4 Å². The Kier molecular flexibility index (Phi) is 9.35. The predicted octanol–water partition coefficient (Wildman–Crippen LogP) is 5.14. The van der Waals surface area contributed by atoms with Crippen LogP contribution in [0.1, 0.15) is 95.1 Å². The number of nitrogens with one attached hydrogen (secondary N) is 3. The molecule has 0 spiro atoms. The molecule has 298 valence electrons. The van der Waals surface area contributed by atoms with Crippen molar-refractivity contribution in [1.29, 1.82) is 0 Å². The maximum Gasteiger partial charge on any atom is 0.255 e. The maximum atomic E-state index is 14.1. The molecule has 0 bridgehead atoms. The van der Waals surface area contributed by atoms with Crippen molar-refractivity contribution in [3.63, 3.8) is 0 Å². The number of hydrogen-bond acceptors (Lipinski definition) is 8. The largest absolute Gasteiger partial charge is 0.376 e. The normalized spacial score (nSPS) is 20.8. The highest BCUT2D eigenvalue weighted by atomic mass is 16.2. The van der Waals surface area contributed by atoms with Gasteiger partial charge < -0.3 is 25.0 Å². The molecule has 3 N–H and O–H groups in total. The van der Waals surface area contributed by atoms with Crippen LogP contribution in [0.5, 0.6) is 0 Å². The summed E-state index contributed by atoms with van der Waals surface area (Å²) in [6, 6.07) is 15.1. The van der Waals surface area contributed by atoms with Gasteiger partial charge >= 0.3 is 0 Å². The number of amides is 4. The minimum Gasteiger partial charge on any atom is -0.376 e. The van der Waals surface area contributed by atoms with Gasteiger partial charge in [0.05, 0.1) is 18.7 Å². The van der Waals surface area contributed by atoms with Crippen LogP contribution in [-0.2, 0) is 32.8 Å². The lowest BCUT2D eigenvalue weighted by molar-refractivity contribution is -0.137. The van der Waals surface area contributed by atoms with Crippen LogP contribution in [0.3, 0.4) is 0 Å². The average Bonchev–Trinajstić information content (AvgIpc) is 3.79. The quantitative estimate of drug-likeness (QED) is 0.173. The van der Waals surface area contributed by atoms with Gasteiger partial charge in [0.15, 0.2) is 11.5 Å². The summed E-state index contributed by atoms with van der Waals surface area (Å²) < 4.78 is 0. The highest BCUT2D eigenvalue weighted by Gasteiger charge is 2.42. The third-order valence-corrected chi connectivity index (χ3v) is 13.2. The van der Waals surface area contributed by atoms with Gasteiger partial charge in [0.25, 0.3) is 5.91 Å². The molecule has 3 saturated heterocycles. The second-order valence-electron chi connectivity index (χ2n) is 16.8. The highest BCUT2D eigenvalue weighted by Crippen LogP contribution is 2.46. The summed E-state index contributed by atoms with van der Waals surface area (Å²) in [5.74, 6) is -0.890. The van der Waals surface area contributed by atoms with Gasteiger partial charge in [0.1, 0.15) is 6.04 Å². The number of hydrogen-bond donors (Lipinski definition) is 3. The predicted molar refractivity (Wildman–Crippen MR) is 220 cm³/mol. The lowest BCUT2D eigenvalue weighted by Gasteiger charge is -2.44. The summed E-state index contributed by atoms with van der Waals surface area (Å²) in [6.45, 7) is 19.2. The Bertz CT molecular complexity index is 2450. The molecular formula is C45H48N8O5. The summed E-state index contributed by atoms with van der Waals surface area (Å²) in [5, 5.41) is 6.45. The number of carbonyl (C=O) groups is 5. The number of fused-ring (bicyclic) bond motifs is 5. The Morgan fingerprint density at radius 2 is 1.71 bits per heavy atom. The number of benzene rings is 3. The van der Waals surface area contributed by atoms with E-state index in [2.05, 4.69) is 63.2 Å². The average molecular weight is 781 g/mol. The van der Waals surface area contributed by atoms with Crippen LogP contribution < -0.4 is 15.5 Å². The second kappa shape index (κ2) is 14.4. The number of piperidine rings is 2. The minimum absolute atomic E-state index is 0.0322.